The van der Waals surface area contributed by atoms with Crippen LogP contribution in [-0.4, -0.2) is 89.4 Å². The minimum Gasteiger partial charge on any atom is -0.389 e. The standard InChI is InChI=1S/C37H59N3O6/c1-3-5-7-12-24-40(26-32(41)34(43)35-33(42)27-45-37(46-35)30-15-10-8-11-16-30)25-13-23-39-31(36(38)44)22-21-29-19-17-28(18-20-29)14-9-6-4-2/h8,10-11,15-20,31-35,37,39,41-43H,3-7,9,12-14,21-27H2,1-2H3,(H2,38,44)/t31-,32-,33+,34+,35+,37?/m0/s1. The zero-order chi connectivity index (χ0) is 33.1. The maximum Gasteiger partial charge on any atom is 0.234 e. The van der Waals surface area contributed by atoms with Crippen molar-refractivity contribution in [2.75, 3.05) is 32.8 Å². The summed E-state index contributed by atoms with van der Waals surface area (Å²) in [5.41, 5.74) is 9.09. The van der Waals surface area contributed by atoms with Gasteiger partial charge in [-0.1, -0.05) is 101 Å². The van der Waals surface area contributed by atoms with Crippen LogP contribution in [0.2, 0.25) is 0 Å². The van der Waals surface area contributed by atoms with Crippen molar-refractivity contribution < 1.29 is 29.6 Å². The van der Waals surface area contributed by atoms with Gasteiger partial charge in [-0.05, 0) is 69.3 Å². The Morgan fingerprint density at radius 2 is 1.57 bits per heavy atom. The fourth-order valence-corrected chi connectivity index (χ4v) is 5.98. The average molecular weight is 642 g/mol. The molecule has 0 aliphatic carbocycles. The third-order valence-corrected chi connectivity index (χ3v) is 8.85. The summed E-state index contributed by atoms with van der Waals surface area (Å²) in [7, 11) is 0. The van der Waals surface area contributed by atoms with Gasteiger partial charge in [-0.2, -0.15) is 0 Å². The molecule has 9 nitrogen and oxygen atoms in total. The topological polar surface area (TPSA) is 138 Å². The van der Waals surface area contributed by atoms with Crippen LogP contribution in [0.4, 0.5) is 0 Å². The minimum atomic E-state index is -1.29. The fraction of sp³-hybridized carbons (Fsp3) is 0.649. The van der Waals surface area contributed by atoms with Gasteiger partial charge in [0.05, 0.1) is 18.8 Å². The first-order chi connectivity index (χ1) is 22.3. The van der Waals surface area contributed by atoms with Crippen molar-refractivity contribution in [3.05, 3.63) is 71.3 Å². The molecular weight excluding hydrogens is 582 g/mol. The van der Waals surface area contributed by atoms with E-state index >= 15 is 0 Å². The SMILES string of the molecule is CCCCCCN(CCCN[C@@H](CCc1ccc(CCCCC)cc1)C(N)=O)C[C@H](O)[C@@H](O)[C@@H]1OC(c2ccccc2)OC[C@H]1O. The van der Waals surface area contributed by atoms with Crippen LogP contribution >= 0.6 is 0 Å². The van der Waals surface area contributed by atoms with Crippen LogP contribution in [-0.2, 0) is 27.1 Å². The van der Waals surface area contributed by atoms with Crippen LogP contribution in [0.3, 0.4) is 0 Å². The van der Waals surface area contributed by atoms with Crippen molar-refractivity contribution in [2.45, 2.75) is 121 Å². The average Bonchev–Trinajstić information content (AvgIpc) is 3.07. The first-order valence-corrected chi connectivity index (χ1v) is 17.5. The zero-order valence-corrected chi connectivity index (χ0v) is 28.1. The molecule has 6 N–H and O–H groups in total. The molecule has 1 saturated heterocycles. The quantitative estimate of drug-likeness (QED) is 0.114. The molecule has 1 amide bonds. The van der Waals surface area contributed by atoms with E-state index in [4.69, 9.17) is 15.2 Å². The third-order valence-electron chi connectivity index (χ3n) is 8.85. The van der Waals surface area contributed by atoms with Crippen LogP contribution < -0.4 is 11.1 Å². The molecule has 1 heterocycles. The van der Waals surface area contributed by atoms with E-state index < -0.39 is 36.7 Å². The molecule has 2 aromatic rings. The molecule has 9 heteroatoms. The number of nitrogens with one attached hydrogen (secondary N) is 1. The lowest BCUT2D eigenvalue weighted by Crippen LogP contribution is -2.54. The fourth-order valence-electron chi connectivity index (χ4n) is 5.98. The predicted molar refractivity (Wildman–Crippen MR) is 182 cm³/mol. The van der Waals surface area contributed by atoms with Crippen LogP contribution in [0.15, 0.2) is 54.6 Å². The summed E-state index contributed by atoms with van der Waals surface area (Å²) in [5.74, 6) is -0.352. The summed E-state index contributed by atoms with van der Waals surface area (Å²) in [4.78, 5) is 14.4. The molecule has 0 radical (unpaired) electrons. The van der Waals surface area contributed by atoms with Crippen molar-refractivity contribution in [2.24, 2.45) is 5.73 Å². The Morgan fingerprint density at radius 1 is 0.913 bits per heavy atom. The van der Waals surface area contributed by atoms with Crippen LogP contribution in [0, 0.1) is 0 Å². The second kappa shape index (κ2) is 21.5. The third kappa shape index (κ3) is 13.4. The van der Waals surface area contributed by atoms with Crippen molar-refractivity contribution in [3.63, 3.8) is 0 Å². The highest BCUT2D eigenvalue weighted by Crippen LogP contribution is 2.28. The second-order valence-corrected chi connectivity index (χ2v) is 12.7. The smallest absolute Gasteiger partial charge is 0.234 e. The van der Waals surface area contributed by atoms with Crippen LogP contribution in [0.25, 0.3) is 0 Å². The number of rotatable bonds is 23. The van der Waals surface area contributed by atoms with Crippen molar-refractivity contribution in [3.8, 4) is 0 Å². The summed E-state index contributed by atoms with van der Waals surface area (Å²) >= 11 is 0. The normalized spacial score (nSPS) is 20.4. The van der Waals surface area contributed by atoms with Gasteiger partial charge in [0, 0.05) is 12.1 Å². The van der Waals surface area contributed by atoms with Gasteiger partial charge in [-0.25, -0.2) is 0 Å². The molecule has 6 atom stereocenters. The molecule has 2 aromatic carbocycles. The summed E-state index contributed by atoms with van der Waals surface area (Å²) in [6.45, 7) is 6.69. The van der Waals surface area contributed by atoms with E-state index in [2.05, 4.69) is 48.3 Å². The highest BCUT2D eigenvalue weighted by atomic mass is 16.7. The van der Waals surface area contributed by atoms with Gasteiger partial charge in [0.1, 0.15) is 18.3 Å². The monoisotopic (exact) mass is 641 g/mol. The number of unbranched alkanes of at least 4 members (excludes halogenated alkanes) is 5. The molecule has 258 valence electrons. The summed E-state index contributed by atoms with van der Waals surface area (Å²) in [6.07, 6.45) is 6.12. The lowest BCUT2D eigenvalue weighted by atomic mass is 10.0. The number of aryl methyl sites for hydroxylation is 2. The molecule has 46 heavy (non-hydrogen) atoms. The number of nitrogens with zero attached hydrogens (tertiary/aromatic N) is 1. The number of ether oxygens (including phenoxy) is 2. The number of nitrogens with two attached hydrogens (primary N) is 1. The van der Waals surface area contributed by atoms with E-state index in [1.165, 1.54) is 30.4 Å². The lowest BCUT2D eigenvalue weighted by molar-refractivity contribution is -0.283. The van der Waals surface area contributed by atoms with Crippen molar-refractivity contribution in [1.82, 2.24) is 10.2 Å². The van der Waals surface area contributed by atoms with Gasteiger partial charge < -0.3 is 40.7 Å². The number of benzene rings is 2. The Labute approximate surface area is 276 Å². The Balaban J connectivity index is 1.48. The lowest BCUT2D eigenvalue weighted by Gasteiger charge is -2.38. The Morgan fingerprint density at radius 3 is 2.24 bits per heavy atom. The number of hydrogen-bond donors (Lipinski definition) is 5. The Bertz CT molecular complexity index is 1090. The molecule has 0 aromatic heterocycles. The first-order valence-electron chi connectivity index (χ1n) is 17.5. The second-order valence-electron chi connectivity index (χ2n) is 12.7. The number of carbonyl (C=O) groups is 1. The van der Waals surface area contributed by atoms with Gasteiger partial charge in [0.15, 0.2) is 6.29 Å². The molecule has 0 bridgehead atoms. The van der Waals surface area contributed by atoms with Gasteiger partial charge in [-0.3, -0.25) is 4.79 Å². The molecule has 1 aliphatic rings. The Kier molecular flexibility index (Phi) is 17.8. The summed E-state index contributed by atoms with van der Waals surface area (Å²) < 4.78 is 11.6. The van der Waals surface area contributed by atoms with Crippen LogP contribution in [0.1, 0.15) is 94.6 Å². The molecule has 1 unspecified atom stereocenters. The van der Waals surface area contributed by atoms with E-state index in [-0.39, 0.29) is 19.1 Å². The summed E-state index contributed by atoms with van der Waals surface area (Å²) in [6, 6.07) is 17.6. The van der Waals surface area contributed by atoms with Gasteiger partial charge in [0.2, 0.25) is 5.91 Å². The maximum absolute atomic E-state index is 12.2. The van der Waals surface area contributed by atoms with Crippen LogP contribution in [0.5, 0.6) is 0 Å². The Hall–Kier alpha value is -2.37. The molecule has 0 spiro atoms. The highest BCUT2D eigenvalue weighted by molar-refractivity contribution is 5.79. The van der Waals surface area contributed by atoms with Gasteiger partial charge in [-0.15, -0.1) is 0 Å². The van der Waals surface area contributed by atoms with Crippen molar-refractivity contribution >= 4 is 5.91 Å². The molecule has 1 aliphatic heterocycles. The number of aliphatic hydroxyl groups excluding tert-OH is 3. The van der Waals surface area contributed by atoms with E-state index in [0.29, 0.717) is 19.5 Å². The highest BCUT2D eigenvalue weighted by Gasteiger charge is 2.39. The molecule has 3 rings (SSSR count). The number of carbonyl (C=O) groups excluding carboxylic acids is 1. The number of amides is 1. The first kappa shape index (κ1) is 38.1. The molecule has 0 saturated carbocycles. The number of hydrogen-bond acceptors (Lipinski definition) is 8. The zero-order valence-electron chi connectivity index (χ0n) is 28.1. The largest absolute Gasteiger partial charge is 0.389 e. The van der Waals surface area contributed by atoms with E-state index in [1.54, 1.807) is 0 Å². The predicted octanol–water partition coefficient (Wildman–Crippen LogP) is 4.26. The van der Waals surface area contributed by atoms with Crippen molar-refractivity contribution in [1.29, 1.82) is 0 Å². The maximum atomic E-state index is 12.2. The number of primary amides is 1. The van der Waals surface area contributed by atoms with E-state index in [1.807, 2.05) is 30.3 Å². The summed E-state index contributed by atoms with van der Waals surface area (Å²) in [5, 5.41) is 36.0. The minimum absolute atomic E-state index is 0.00575. The van der Waals surface area contributed by atoms with Gasteiger partial charge >= 0.3 is 0 Å². The van der Waals surface area contributed by atoms with E-state index in [0.717, 1.165) is 57.1 Å². The number of aliphatic hydroxyl groups is 3. The van der Waals surface area contributed by atoms with Gasteiger partial charge in [0.25, 0.3) is 0 Å². The van der Waals surface area contributed by atoms with E-state index in [9.17, 15) is 20.1 Å². The molecular formula is C37H59N3O6. The molecule has 1 fully saturated rings.